The second-order valence-corrected chi connectivity index (χ2v) is 5.58. The zero-order chi connectivity index (χ0) is 16.1. The first-order valence-electron chi connectivity index (χ1n) is 7.56. The molecule has 6 nitrogen and oxygen atoms in total. The van der Waals surface area contributed by atoms with Gasteiger partial charge in [0.1, 0.15) is 24.8 Å². The van der Waals surface area contributed by atoms with Crippen LogP contribution in [0.25, 0.3) is 0 Å². The summed E-state index contributed by atoms with van der Waals surface area (Å²) >= 11 is 0. The van der Waals surface area contributed by atoms with Crippen molar-refractivity contribution in [3.8, 4) is 11.8 Å². The van der Waals surface area contributed by atoms with Gasteiger partial charge in [-0.25, -0.2) is 9.97 Å². The van der Waals surface area contributed by atoms with Crippen LogP contribution in [0.3, 0.4) is 0 Å². The third-order valence-corrected chi connectivity index (χ3v) is 3.85. The van der Waals surface area contributed by atoms with Gasteiger partial charge in [-0.3, -0.25) is 4.90 Å². The van der Waals surface area contributed by atoms with E-state index in [1.165, 1.54) is 5.56 Å². The van der Waals surface area contributed by atoms with Crippen molar-refractivity contribution < 1.29 is 9.84 Å². The smallest absolute Gasteiger partial charge is 0.119 e. The zero-order valence-corrected chi connectivity index (χ0v) is 12.7. The number of fused-ring (bicyclic) bond motifs is 1. The second-order valence-electron chi connectivity index (χ2n) is 5.58. The fraction of sp³-hybridized carbons (Fsp3) is 0.353. The first-order chi connectivity index (χ1) is 11.2. The summed E-state index contributed by atoms with van der Waals surface area (Å²) in [6, 6.07) is 8.93. The van der Waals surface area contributed by atoms with Crippen LogP contribution in [0.4, 0.5) is 0 Å². The van der Waals surface area contributed by atoms with Crippen molar-refractivity contribution in [3.63, 3.8) is 0 Å². The van der Waals surface area contributed by atoms with Crippen LogP contribution in [0.1, 0.15) is 16.8 Å². The minimum atomic E-state index is -0.575. The standard InChI is InChI=1S/C17H18N4O2/c18-7-13-1-3-16(4-2-13)23-11-15(22)9-21-6-5-14-8-19-12-20-17(14)10-21/h1-4,8,12,15,22H,5-6,9-11H2/t15-/m1/s1. The molecule has 118 valence electrons. The van der Waals surface area contributed by atoms with E-state index in [2.05, 4.69) is 20.9 Å². The van der Waals surface area contributed by atoms with E-state index in [1.807, 2.05) is 6.20 Å². The third kappa shape index (κ3) is 4.03. The van der Waals surface area contributed by atoms with Crippen LogP contribution >= 0.6 is 0 Å². The quantitative estimate of drug-likeness (QED) is 0.892. The predicted octanol–water partition coefficient (Wildman–Crippen LogP) is 1.15. The van der Waals surface area contributed by atoms with Crippen LogP contribution in [-0.4, -0.2) is 45.8 Å². The van der Waals surface area contributed by atoms with E-state index in [0.29, 0.717) is 17.9 Å². The average molecular weight is 310 g/mol. The summed E-state index contributed by atoms with van der Waals surface area (Å²) in [5.41, 5.74) is 2.81. The van der Waals surface area contributed by atoms with Gasteiger partial charge in [-0.05, 0) is 36.2 Å². The van der Waals surface area contributed by atoms with Gasteiger partial charge in [0.2, 0.25) is 0 Å². The van der Waals surface area contributed by atoms with Crippen molar-refractivity contribution in [2.45, 2.75) is 19.1 Å². The molecule has 1 atom stereocenters. The van der Waals surface area contributed by atoms with Gasteiger partial charge in [-0.15, -0.1) is 0 Å². The number of nitriles is 1. The summed E-state index contributed by atoms with van der Waals surface area (Å²) < 4.78 is 5.57. The van der Waals surface area contributed by atoms with Gasteiger partial charge in [0.15, 0.2) is 0 Å². The Bertz CT molecular complexity index is 696. The molecule has 0 unspecified atom stereocenters. The Kier molecular flexibility index (Phi) is 4.81. The average Bonchev–Trinajstić information content (AvgIpc) is 2.60. The van der Waals surface area contributed by atoms with Gasteiger partial charge < -0.3 is 9.84 Å². The van der Waals surface area contributed by atoms with E-state index in [4.69, 9.17) is 10.00 Å². The van der Waals surface area contributed by atoms with E-state index in [-0.39, 0.29) is 6.61 Å². The van der Waals surface area contributed by atoms with E-state index < -0.39 is 6.10 Å². The number of aromatic nitrogens is 2. The Morgan fingerprint density at radius 2 is 2.17 bits per heavy atom. The van der Waals surface area contributed by atoms with Crippen LogP contribution in [0.5, 0.6) is 5.75 Å². The Hall–Kier alpha value is -2.49. The molecule has 0 aliphatic carbocycles. The fourth-order valence-electron chi connectivity index (χ4n) is 2.63. The molecule has 0 amide bonds. The molecule has 1 aromatic carbocycles. The lowest BCUT2D eigenvalue weighted by atomic mass is 10.1. The van der Waals surface area contributed by atoms with Crippen molar-refractivity contribution in [2.75, 3.05) is 19.7 Å². The summed E-state index contributed by atoms with van der Waals surface area (Å²) in [5, 5.41) is 18.9. The van der Waals surface area contributed by atoms with Gasteiger partial charge in [-0.2, -0.15) is 5.26 Å². The second kappa shape index (κ2) is 7.18. The van der Waals surface area contributed by atoms with Crippen LogP contribution in [0, 0.1) is 11.3 Å². The normalized spacial score (nSPS) is 15.5. The first kappa shape index (κ1) is 15.4. The molecule has 0 radical (unpaired) electrons. The van der Waals surface area contributed by atoms with Gasteiger partial charge in [0.25, 0.3) is 0 Å². The topological polar surface area (TPSA) is 82.3 Å². The van der Waals surface area contributed by atoms with E-state index in [0.717, 1.165) is 25.2 Å². The SMILES string of the molecule is N#Cc1ccc(OC[C@H](O)CN2CCc3cncnc3C2)cc1. The minimum Gasteiger partial charge on any atom is -0.491 e. The molecule has 0 fully saturated rings. The van der Waals surface area contributed by atoms with Crippen LogP contribution in [0.2, 0.25) is 0 Å². The Labute approximate surface area is 135 Å². The number of hydrogen-bond donors (Lipinski definition) is 1. The summed E-state index contributed by atoms with van der Waals surface area (Å²) in [6.07, 6.45) is 3.75. The summed E-state index contributed by atoms with van der Waals surface area (Å²) in [5.74, 6) is 0.653. The first-order valence-corrected chi connectivity index (χ1v) is 7.56. The predicted molar refractivity (Wildman–Crippen MR) is 83.7 cm³/mol. The number of nitrogens with zero attached hydrogens (tertiary/aromatic N) is 4. The highest BCUT2D eigenvalue weighted by atomic mass is 16.5. The van der Waals surface area contributed by atoms with E-state index in [9.17, 15) is 5.11 Å². The number of aliphatic hydroxyl groups is 1. The number of benzene rings is 1. The van der Waals surface area contributed by atoms with Crippen LogP contribution in [0.15, 0.2) is 36.8 Å². The van der Waals surface area contributed by atoms with Crippen molar-refractivity contribution in [1.29, 1.82) is 5.26 Å². The number of rotatable bonds is 5. The molecule has 0 saturated heterocycles. The summed E-state index contributed by atoms with van der Waals surface area (Å²) in [7, 11) is 0. The molecule has 23 heavy (non-hydrogen) atoms. The van der Waals surface area contributed by atoms with Crippen molar-refractivity contribution in [2.24, 2.45) is 0 Å². The summed E-state index contributed by atoms with van der Waals surface area (Å²) in [6.45, 7) is 2.37. The molecular weight excluding hydrogens is 292 g/mol. The minimum absolute atomic E-state index is 0.221. The number of ether oxygens (including phenoxy) is 1. The lowest BCUT2D eigenvalue weighted by Crippen LogP contribution is -2.39. The number of β-amino-alcohol motifs (C(OH)–C–C–N with tert-alkyl or cyclic N) is 1. The molecule has 0 spiro atoms. The molecule has 2 aromatic rings. The van der Waals surface area contributed by atoms with Crippen LogP contribution in [-0.2, 0) is 13.0 Å². The lowest BCUT2D eigenvalue weighted by molar-refractivity contribution is 0.0632. The molecule has 0 bridgehead atoms. The van der Waals surface area contributed by atoms with E-state index in [1.54, 1.807) is 30.6 Å². The number of hydrogen-bond acceptors (Lipinski definition) is 6. The maximum atomic E-state index is 10.2. The molecule has 1 aromatic heterocycles. The van der Waals surface area contributed by atoms with Crippen LogP contribution < -0.4 is 4.74 Å². The third-order valence-electron chi connectivity index (χ3n) is 3.85. The molecule has 1 N–H and O–H groups in total. The maximum absolute atomic E-state index is 10.2. The van der Waals surface area contributed by atoms with Crippen molar-refractivity contribution in [1.82, 2.24) is 14.9 Å². The van der Waals surface area contributed by atoms with Gasteiger partial charge >= 0.3 is 0 Å². The highest BCUT2D eigenvalue weighted by Crippen LogP contribution is 2.16. The molecule has 0 saturated carbocycles. The molecule has 6 heteroatoms. The maximum Gasteiger partial charge on any atom is 0.119 e. The summed E-state index contributed by atoms with van der Waals surface area (Å²) in [4.78, 5) is 10.5. The monoisotopic (exact) mass is 310 g/mol. The Morgan fingerprint density at radius 3 is 2.96 bits per heavy atom. The van der Waals surface area contributed by atoms with Crippen molar-refractivity contribution in [3.05, 3.63) is 53.6 Å². The van der Waals surface area contributed by atoms with Crippen molar-refractivity contribution >= 4 is 0 Å². The molecule has 2 heterocycles. The highest BCUT2D eigenvalue weighted by Gasteiger charge is 2.19. The van der Waals surface area contributed by atoms with Gasteiger partial charge in [0.05, 0.1) is 17.3 Å². The molecule has 3 rings (SSSR count). The Morgan fingerprint density at radius 1 is 1.35 bits per heavy atom. The lowest BCUT2D eigenvalue weighted by Gasteiger charge is -2.29. The largest absolute Gasteiger partial charge is 0.491 e. The number of aliphatic hydroxyl groups excluding tert-OH is 1. The molecular formula is C17H18N4O2. The molecule has 1 aliphatic rings. The fourth-order valence-corrected chi connectivity index (χ4v) is 2.63. The molecule has 1 aliphatic heterocycles. The van der Waals surface area contributed by atoms with Gasteiger partial charge in [-0.1, -0.05) is 0 Å². The highest BCUT2D eigenvalue weighted by molar-refractivity contribution is 5.34. The Balaban J connectivity index is 1.48. The zero-order valence-electron chi connectivity index (χ0n) is 12.7. The van der Waals surface area contributed by atoms with Gasteiger partial charge in [0, 0.05) is 25.8 Å². The van der Waals surface area contributed by atoms with E-state index >= 15 is 0 Å².